The van der Waals surface area contributed by atoms with Gasteiger partial charge in [0.2, 0.25) is 0 Å². The van der Waals surface area contributed by atoms with Crippen molar-refractivity contribution in [1.29, 1.82) is 0 Å². The summed E-state index contributed by atoms with van der Waals surface area (Å²) >= 11 is 0. The van der Waals surface area contributed by atoms with Crippen molar-refractivity contribution in [3.05, 3.63) is 35.4 Å². The van der Waals surface area contributed by atoms with Gasteiger partial charge in [0, 0.05) is 11.5 Å². The fourth-order valence-electron chi connectivity index (χ4n) is 4.99. The van der Waals surface area contributed by atoms with E-state index in [0.29, 0.717) is 0 Å². The molecule has 3 nitrogen and oxygen atoms in total. The molecular weight excluding hydrogens is 418 g/mol. The van der Waals surface area contributed by atoms with Crippen molar-refractivity contribution in [3.63, 3.8) is 0 Å². The van der Waals surface area contributed by atoms with Gasteiger partial charge in [-0.3, -0.25) is 0 Å². The molecule has 196 valence electrons. The van der Waals surface area contributed by atoms with Crippen LogP contribution in [0.1, 0.15) is 134 Å². The summed E-state index contributed by atoms with van der Waals surface area (Å²) in [6.07, 6.45) is 23.9. The summed E-state index contributed by atoms with van der Waals surface area (Å²) in [5.41, 5.74) is 3.00. The molecule has 0 bridgehead atoms. The number of nitrogens with zero attached hydrogens (tertiary/aromatic N) is 1. The minimum atomic E-state index is -0.925. The highest BCUT2D eigenvalue weighted by atomic mass is 16.4. The molecule has 34 heavy (non-hydrogen) atoms. The minimum Gasteiger partial charge on any atom is -0.550 e. The summed E-state index contributed by atoms with van der Waals surface area (Å²) in [4.78, 5) is 10.6. The zero-order valence-corrected chi connectivity index (χ0v) is 22.9. The van der Waals surface area contributed by atoms with Gasteiger partial charge in [-0.2, -0.15) is 0 Å². The van der Waals surface area contributed by atoms with Gasteiger partial charge in [-0.1, -0.05) is 115 Å². The molecule has 1 aromatic carbocycles. The Hall–Kier alpha value is -1.35. The maximum Gasteiger partial charge on any atom is 0.104 e. The molecule has 0 spiro atoms. The van der Waals surface area contributed by atoms with Gasteiger partial charge in [0.05, 0.1) is 20.6 Å². The zero-order chi connectivity index (χ0) is 24.9. The van der Waals surface area contributed by atoms with E-state index in [9.17, 15) is 9.90 Å². The molecule has 0 N–H and O–H groups in total. The van der Waals surface area contributed by atoms with Crippen molar-refractivity contribution in [3.8, 4) is 0 Å². The van der Waals surface area contributed by atoms with Gasteiger partial charge >= 0.3 is 0 Å². The van der Waals surface area contributed by atoms with Crippen LogP contribution in [0.25, 0.3) is 0 Å². The predicted molar refractivity (Wildman–Crippen MR) is 145 cm³/mol. The highest BCUT2D eigenvalue weighted by Crippen LogP contribution is 2.19. The quantitative estimate of drug-likeness (QED) is 0.121. The Bertz CT molecular complexity index is 626. The molecule has 0 aliphatic rings. The molecule has 0 heterocycles. The van der Waals surface area contributed by atoms with E-state index in [2.05, 4.69) is 45.3 Å². The second-order valence-corrected chi connectivity index (χ2v) is 11.1. The van der Waals surface area contributed by atoms with Crippen LogP contribution >= 0.6 is 0 Å². The number of unbranched alkanes of at least 4 members (excludes halogenated alkanes) is 15. The summed E-state index contributed by atoms with van der Waals surface area (Å²) in [6, 6.07) is 8.97. The lowest BCUT2D eigenvalue weighted by molar-refractivity contribution is -0.903. The van der Waals surface area contributed by atoms with Crippen LogP contribution < -0.4 is 5.11 Å². The van der Waals surface area contributed by atoms with Gasteiger partial charge in [0.25, 0.3) is 0 Å². The summed E-state index contributed by atoms with van der Waals surface area (Å²) in [7, 11) is 4.59. The fraction of sp³-hybridized carbons (Fsp3) is 0.774. The lowest BCUT2D eigenvalue weighted by atomic mass is 9.99. The number of hydrogen-bond acceptors (Lipinski definition) is 2. The Labute approximate surface area is 211 Å². The van der Waals surface area contributed by atoms with Crippen LogP contribution in [0, 0.1) is 0 Å². The van der Waals surface area contributed by atoms with Crippen LogP contribution in [-0.4, -0.2) is 31.1 Å². The Morgan fingerprint density at radius 2 is 1.15 bits per heavy atom. The SMILES string of the molecule is CCCCCCCCCCCCCCCCc1ccccc1C[N+](C)(C)CCCCCC(=O)[O-]. The van der Waals surface area contributed by atoms with Crippen molar-refractivity contribution >= 4 is 5.97 Å². The molecule has 0 aliphatic carbocycles. The first-order valence-corrected chi connectivity index (χ1v) is 14.5. The number of carbonyl (C=O) groups excluding carboxylic acids is 1. The van der Waals surface area contributed by atoms with Crippen molar-refractivity contribution in [1.82, 2.24) is 0 Å². The smallest absolute Gasteiger partial charge is 0.104 e. The third-order valence-electron chi connectivity index (χ3n) is 7.16. The predicted octanol–water partition coefficient (Wildman–Crippen LogP) is 7.60. The molecule has 0 atom stereocenters. The van der Waals surface area contributed by atoms with Gasteiger partial charge < -0.3 is 14.4 Å². The fourth-order valence-corrected chi connectivity index (χ4v) is 4.99. The first kappa shape index (κ1) is 30.7. The van der Waals surface area contributed by atoms with Crippen LogP contribution in [0.5, 0.6) is 0 Å². The topological polar surface area (TPSA) is 40.1 Å². The third kappa shape index (κ3) is 17.1. The normalized spacial score (nSPS) is 11.7. The Morgan fingerprint density at radius 1 is 0.676 bits per heavy atom. The van der Waals surface area contributed by atoms with Crippen molar-refractivity contribution in [2.24, 2.45) is 0 Å². The number of quaternary nitrogens is 1. The summed E-state index contributed by atoms with van der Waals surface area (Å²) < 4.78 is 0.959. The van der Waals surface area contributed by atoms with E-state index in [4.69, 9.17) is 0 Å². The largest absolute Gasteiger partial charge is 0.550 e. The van der Waals surface area contributed by atoms with Gasteiger partial charge in [-0.25, -0.2) is 0 Å². The number of aliphatic carboxylic acids is 1. The molecule has 1 aromatic rings. The Morgan fingerprint density at radius 3 is 1.68 bits per heavy atom. The molecule has 0 aromatic heterocycles. The molecule has 0 amide bonds. The first-order chi connectivity index (χ1) is 16.4. The second kappa shape index (κ2) is 19.9. The highest BCUT2D eigenvalue weighted by molar-refractivity contribution is 5.64. The molecule has 0 fully saturated rings. The average molecular weight is 474 g/mol. The maximum absolute atomic E-state index is 10.6. The second-order valence-electron chi connectivity index (χ2n) is 11.1. The van der Waals surface area contributed by atoms with E-state index in [1.807, 2.05) is 0 Å². The van der Waals surface area contributed by atoms with Crippen LogP contribution in [0.3, 0.4) is 0 Å². The van der Waals surface area contributed by atoms with E-state index in [1.54, 1.807) is 0 Å². The van der Waals surface area contributed by atoms with Gasteiger partial charge in [0.1, 0.15) is 6.54 Å². The standard InChI is InChI=1S/C31H55NO2/c1-4-5-6-7-8-9-10-11-12-13-14-15-16-18-23-29-24-20-21-25-30(29)28-32(2,3)27-22-17-19-26-31(33)34/h20-21,24-25H,4-19,22-23,26-28H2,1-3H3. The molecule has 0 saturated carbocycles. The Balaban J connectivity index is 2.13. The van der Waals surface area contributed by atoms with Crippen molar-refractivity contribution < 1.29 is 14.4 Å². The minimum absolute atomic E-state index is 0.190. The average Bonchev–Trinajstić information content (AvgIpc) is 2.79. The molecule has 0 unspecified atom stereocenters. The lowest BCUT2D eigenvalue weighted by Crippen LogP contribution is -2.39. The number of hydrogen-bond donors (Lipinski definition) is 0. The summed E-state index contributed by atoms with van der Waals surface area (Å²) in [5.74, 6) is -0.925. The van der Waals surface area contributed by atoms with Crippen LogP contribution in [0.2, 0.25) is 0 Å². The first-order valence-electron chi connectivity index (χ1n) is 14.5. The van der Waals surface area contributed by atoms with Gasteiger partial charge in [0.15, 0.2) is 0 Å². The summed E-state index contributed by atoms with van der Waals surface area (Å²) in [5, 5.41) is 10.6. The molecular formula is C31H55NO2. The number of benzene rings is 1. The number of carboxylic acid groups (broad SMARTS) is 1. The van der Waals surface area contributed by atoms with Gasteiger partial charge in [-0.15, -0.1) is 0 Å². The molecule has 0 aliphatic heterocycles. The number of aryl methyl sites for hydroxylation is 1. The monoisotopic (exact) mass is 473 g/mol. The van der Waals surface area contributed by atoms with Crippen LogP contribution in [-0.2, 0) is 17.8 Å². The molecule has 3 heteroatoms. The molecule has 0 saturated heterocycles. The van der Waals surface area contributed by atoms with Crippen molar-refractivity contribution in [2.75, 3.05) is 20.6 Å². The van der Waals surface area contributed by atoms with Crippen molar-refractivity contribution in [2.45, 2.75) is 135 Å². The number of carbonyl (C=O) groups is 1. The van der Waals surface area contributed by atoms with E-state index in [1.165, 1.54) is 107 Å². The molecule has 1 rings (SSSR count). The molecule has 0 radical (unpaired) electrons. The lowest BCUT2D eigenvalue weighted by Gasteiger charge is -2.31. The van der Waals surface area contributed by atoms with Gasteiger partial charge in [-0.05, 0) is 44.1 Å². The Kier molecular flexibility index (Phi) is 18.0. The van der Waals surface area contributed by atoms with Crippen LogP contribution in [0.4, 0.5) is 0 Å². The number of carboxylic acids is 1. The highest BCUT2D eigenvalue weighted by Gasteiger charge is 2.17. The van der Waals surface area contributed by atoms with E-state index >= 15 is 0 Å². The maximum atomic E-state index is 10.6. The number of rotatable bonds is 23. The van der Waals surface area contributed by atoms with E-state index < -0.39 is 5.97 Å². The summed E-state index contributed by atoms with van der Waals surface area (Å²) in [6.45, 7) is 4.42. The van der Waals surface area contributed by atoms with Crippen LogP contribution in [0.15, 0.2) is 24.3 Å². The van der Waals surface area contributed by atoms with E-state index in [0.717, 1.165) is 36.8 Å². The zero-order valence-electron chi connectivity index (χ0n) is 22.9. The third-order valence-corrected chi connectivity index (χ3v) is 7.16. The van der Waals surface area contributed by atoms with E-state index in [-0.39, 0.29) is 6.42 Å².